The van der Waals surface area contributed by atoms with E-state index in [4.69, 9.17) is 11.6 Å². The molecule has 96 valence electrons. The zero-order valence-electron chi connectivity index (χ0n) is 11.0. The third-order valence-corrected chi connectivity index (χ3v) is 4.52. The van der Waals surface area contributed by atoms with E-state index in [1.54, 1.807) is 0 Å². The van der Waals surface area contributed by atoms with Crippen LogP contribution in [0.15, 0.2) is 5.10 Å². The molecule has 2 rings (SSSR count). The summed E-state index contributed by atoms with van der Waals surface area (Å²) < 4.78 is 0. The summed E-state index contributed by atoms with van der Waals surface area (Å²) in [6, 6.07) is 0.170. The Hall–Kier alpha value is -0.570. The Morgan fingerprint density at radius 3 is 2.76 bits per heavy atom. The first-order valence-corrected chi connectivity index (χ1v) is 6.72. The first-order valence-electron chi connectivity index (χ1n) is 6.19. The minimum atomic E-state index is -0.203. The number of hydrazone groups is 1. The van der Waals surface area contributed by atoms with Gasteiger partial charge in [-0.2, -0.15) is 5.10 Å². The number of hydrogen-bond donors (Lipinski definition) is 1. The Balaban J connectivity index is 2.25. The molecule has 0 spiro atoms. The van der Waals surface area contributed by atoms with Crippen LogP contribution in [-0.2, 0) is 4.79 Å². The fraction of sp³-hybridized carbons (Fsp3) is 0.846. The van der Waals surface area contributed by atoms with Gasteiger partial charge in [-0.25, -0.2) is 0 Å². The average molecular weight is 257 g/mol. The van der Waals surface area contributed by atoms with E-state index >= 15 is 0 Å². The summed E-state index contributed by atoms with van der Waals surface area (Å²) in [6.07, 6.45) is 1.64. The van der Waals surface area contributed by atoms with Crippen molar-refractivity contribution < 1.29 is 4.79 Å². The van der Waals surface area contributed by atoms with Gasteiger partial charge in [0.05, 0.1) is 17.7 Å². The maximum Gasteiger partial charge on any atom is 0.144 e. The zero-order chi connectivity index (χ0) is 12.8. The Bertz CT molecular complexity index is 374. The molecule has 0 radical (unpaired) electrons. The molecule has 0 saturated heterocycles. The fourth-order valence-corrected chi connectivity index (χ4v) is 3.05. The monoisotopic (exact) mass is 256 g/mol. The maximum absolute atomic E-state index is 12.3. The summed E-state index contributed by atoms with van der Waals surface area (Å²) in [6.45, 7) is 8.40. The second-order valence-corrected chi connectivity index (χ2v) is 7.01. The summed E-state index contributed by atoms with van der Waals surface area (Å²) in [4.78, 5) is 12.3. The first-order chi connectivity index (χ1) is 7.77. The van der Waals surface area contributed by atoms with Crippen LogP contribution in [0.3, 0.4) is 0 Å². The number of carbonyl (C=O) groups is 1. The lowest BCUT2D eigenvalue weighted by Crippen LogP contribution is -2.48. The van der Waals surface area contributed by atoms with Crippen molar-refractivity contribution in [2.75, 3.05) is 5.88 Å². The van der Waals surface area contributed by atoms with Crippen molar-refractivity contribution in [3.8, 4) is 0 Å². The summed E-state index contributed by atoms with van der Waals surface area (Å²) in [5.74, 6) is 0.748. The lowest BCUT2D eigenvalue weighted by Gasteiger charge is -2.38. The van der Waals surface area contributed by atoms with Gasteiger partial charge in [-0.05, 0) is 11.8 Å². The minimum absolute atomic E-state index is 0.0585. The molecule has 0 unspecified atom stereocenters. The molecule has 0 bridgehead atoms. The van der Waals surface area contributed by atoms with E-state index in [2.05, 4.69) is 38.2 Å². The smallest absolute Gasteiger partial charge is 0.144 e. The molecule has 0 amide bonds. The van der Waals surface area contributed by atoms with Gasteiger partial charge in [-0.15, -0.1) is 11.6 Å². The highest BCUT2D eigenvalue weighted by atomic mass is 35.5. The quantitative estimate of drug-likeness (QED) is 0.772. The molecule has 1 saturated carbocycles. The molecule has 0 aromatic carbocycles. The van der Waals surface area contributed by atoms with Gasteiger partial charge in [-0.1, -0.05) is 27.7 Å². The fourth-order valence-electron chi connectivity index (χ4n) is 2.92. The van der Waals surface area contributed by atoms with Gasteiger partial charge in [0.1, 0.15) is 5.78 Å². The van der Waals surface area contributed by atoms with E-state index in [0.29, 0.717) is 18.1 Å². The van der Waals surface area contributed by atoms with E-state index < -0.39 is 0 Å². The van der Waals surface area contributed by atoms with E-state index in [-0.39, 0.29) is 22.8 Å². The number of rotatable bonds is 2. The molecule has 0 aromatic heterocycles. The number of nitrogens with zero attached hydrogens (tertiary/aromatic N) is 1. The number of ketones is 1. The second-order valence-electron chi connectivity index (χ2n) is 6.74. The van der Waals surface area contributed by atoms with Crippen molar-refractivity contribution in [2.45, 2.75) is 46.6 Å². The predicted molar refractivity (Wildman–Crippen MR) is 70.4 cm³/mol. The topological polar surface area (TPSA) is 41.5 Å². The van der Waals surface area contributed by atoms with Crippen LogP contribution >= 0.6 is 11.6 Å². The molecular weight excluding hydrogens is 236 g/mol. The summed E-state index contributed by atoms with van der Waals surface area (Å²) in [5, 5.41) is 4.40. The van der Waals surface area contributed by atoms with E-state index in [1.807, 2.05) is 0 Å². The first kappa shape index (κ1) is 12.9. The molecule has 1 aliphatic carbocycles. The minimum Gasteiger partial charge on any atom is -0.306 e. The third kappa shape index (κ3) is 2.22. The number of alkyl halides is 1. The Morgan fingerprint density at radius 1 is 1.53 bits per heavy atom. The molecule has 17 heavy (non-hydrogen) atoms. The highest BCUT2D eigenvalue weighted by Gasteiger charge is 2.49. The lowest BCUT2D eigenvalue weighted by molar-refractivity contribution is -0.126. The van der Waals surface area contributed by atoms with Crippen LogP contribution in [-0.4, -0.2) is 23.4 Å². The molecule has 1 aliphatic heterocycles. The number of hydrogen-bond acceptors (Lipinski definition) is 3. The van der Waals surface area contributed by atoms with Gasteiger partial charge in [0.15, 0.2) is 0 Å². The molecule has 2 aliphatic rings. The molecule has 1 fully saturated rings. The second kappa shape index (κ2) is 3.98. The van der Waals surface area contributed by atoms with Crippen LogP contribution in [0.5, 0.6) is 0 Å². The van der Waals surface area contributed by atoms with E-state index in [1.165, 1.54) is 0 Å². The molecule has 0 aromatic rings. The van der Waals surface area contributed by atoms with Gasteiger partial charge in [0.2, 0.25) is 0 Å². The lowest BCUT2D eigenvalue weighted by atomic mass is 9.66. The SMILES string of the molecule is CC1(C)CC(=O)[C@H]2C(C(C)(C)CCl)=NN[C@@H]2C1. The Labute approximate surface area is 108 Å². The van der Waals surface area contributed by atoms with Crippen LogP contribution in [0.4, 0.5) is 0 Å². The standard InChI is InChI=1S/C13H21ClN2O/c1-12(2)5-8-10(9(17)6-12)11(16-15-8)13(3,4)7-14/h8,10,15H,5-7H2,1-4H3/t8-,10+/m1/s1. The molecular formula is C13H21ClN2O. The maximum atomic E-state index is 12.3. The van der Waals surface area contributed by atoms with Crippen molar-refractivity contribution in [2.24, 2.45) is 21.8 Å². The van der Waals surface area contributed by atoms with Gasteiger partial charge in [0.25, 0.3) is 0 Å². The van der Waals surface area contributed by atoms with E-state index in [9.17, 15) is 4.79 Å². The molecule has 1 N–H and O–H groups in total. The molecule has 3 nitrogen and oxygen atoms in total. The highest BCUT2D eigenvalue weighted by molar-refractivity contribution is 6.21. The largest absolute Gasteiger partial charge is 0.306 e. The Morgan fingerprint density at radius 2 is 2.18 bits per heavy atom. The van der Waals surface area contributed by atoms with Crippen LogP contribution < -0.4 is 5.43 Å². The van der Waals surface area contributed by atoms with Crippen LogP contribution in [0.2, 0.25) is 0 Å². The average Bonchev–Trinajstić information content (AvgIpc) is 2.60. The normalized spacial score (nSPS) is 31.8. The summed E-state index contributed by atoms with van der Waals surface area (Å²) in [7, 11) is 0. The summed E-state index contributed by atoms with van der Waals surface area (Å²) in [5.41, 5.74) is 3.97. The van der Waals surface area contributed by atoms with Crippen molar-refractivity contribution in [3.05, 3.63) is 0 Å². The van der Waals surface area contributed by atoms with E-state index in [0.717, 1.165) is 12.1 Å². The van der Waals surface area contributed by atoms with Gasteiger partial charge in [-0.3, -0.25) is 4.79 Å². The van der Waals surface area contributed by atoms with Crippen LogP contribution in [0, 0.1) is 16.7 Å². The molecule has 2 atom stereocenters. The van der Waals surface area contributed by atoms with Crippen molar-refractivity contribution in [3.63, 3.8) is 0 Å². The van der Waals surface area contributed by atoms with Gasteiger partial charge >= 0.3 is 0 Å². The third-order valence-electron chi connectivity index (χ3n) is 3.85. The van der Waals surface area contributed by atoms with Gasteiger partial charge in [0, 0.05) is 17.7 Å². The van der Waals surface area contributed by atoms with Crippen LogP contribution in [0.25, 0.3) is 0 Å². The highest BCUT2D eigenvalue weighted by Crippen LogP contribution is 2.41. The molecule has 1 heterocycles. The van der Waals surface area contributed by atoms with Crippen molar-refractivity contribution >= 4 is 23.1 Å². The number of nitrogens with one attached hydrogen (secondary N) is 1. The number of carbonyl (C=O) groups excluding carboxylic acids is 1. The predicted octanol–water partition coefficient (Wildman–Crippen LogP) is 2.58. The van der Waals surface area contributed by atoms with Crippen molar-refractivity contribution in [1.82, 2.24) is 5.43 Å². The Kier molecular flexibility index (Phi) is 3.01. The van der Waals surface area contributed by atoms with Crippen molar-refractivity contribution in [1.29, 1.82) is 0 Å². The number of halogens is 1. The number of fused-ring (bicyclic) bond motifs is 1. The molecule has 4 heteroatoms. The summed E-state index contributed by atoms with van der Waals surface area (Å²) >= 11 is 5.99. The zero-order valence-corrected chi connectivity index (χ0v) is 11.8. The van der Waals surface area contributed by atoms with Crippen LogP contribution in [0.1, 0.15) is 40.5 Å². The number of Topliss-reactive ketones (excluding diaryl/α,β-unsaturated/α-hetero) is 1. The van der Waals surface area contributed by atoms with Gasteiger partial charge < -0.3 is 5.43 Å².